The van der Waals surface area contributed by atoms with Crippen molar-refractivity contribution in [1.29, 1.82) is 0 Å². The highest BCUT2D eigenvalue weighted by Gasteiger charge is 2.30. The Bertz CT molecular complexity index is 1170. The normalized spacial score (nSPS) is 15.4. The van der Waals surface area contributed by atoms with Gasteiger partial charge in [-0.25, -0.2) is 4.79 Å². The Hall–Kier alpha value is -3.58. The second-order valence-electron chi connectivity index (χ2n) is 7.48. The molecule has 1 heterocycles. The lowest BCUT2D eigenvalue weighted by molar-refractivity contribution is -0.121. The van der Waals surface area contributed by atoms with Gasteiger partial charge >= 0.3 is 5.97 Å². The van der Waals surface area contributed by atoms with E-state index in [-0.39, 0.29) is 36.3 Å². The Morgan fingerprint density at radius 1 is 1.00 bits per heavy atom. The van der Waals surface area contributed by atoms with Crippen LogP contribution in [0.1, 0.15) is 34.5 Å². The van der Waals surface area contributed by atoms with Crippen molar-refractivity contribution in [3.8, 4) is 0 Å². The van der Waals surface area contributed by atoms with E-state index in [2.05, 4.69) is 5.32 Å². The SMILES string of the molecule is CCOC(=O)c1ccccc1NC(=O)CN1C(=O)C[C@H](c2ccccc2)Sc2ccccc21. The van der Waals surface area contributed by atoms with Crippen LogP contribution in [0.2, 0.25) is 0 Å². The van der Waals surface area contributed by atoms with Gasteiger partial charge in [0.1, 0.15) is 6.54 Å². The Balaban J connectivity index is 1.56. The molecule has 3 aromatic rings. The van der Waals surface area contributed by atoms with Crippen molar-refractivity contribution >= 4 is 40.9 Å². The molecule has 0 radical (unpaired) electrons. The highest BCUT2D eigenvalue weighted by atomic mass is 32.2. The van der Waals surface area contributed by atoms with Gasteiger partial charge in [-0.3, -0.25) is 9.59 Å². The van der Waals surface area contributed by atoms with Crippen molar-refractivity contribution in [1.82, 2.24) is 0 Å². The predicted octanol–water partition coefficient (Wildman–Crippen LogP) is 5.07. The molecule has 1 aliphatic rings. The monoisotopic (exact) mass is 460 g/mol. The fraction of sp³-hybridized carbons (Fsp3) is 0.192. The van der Waals surface area contributed by atoms with Gasteiger partial charge in [-0.15, -0.1) is 11.8 Å². The zero-order valence-corrected chi connectivity index (χ0v) is 19.0. The zero-order valence-electron chi connectivity index (χ0n) is 18.2. The van der Waals surface area contributed by atoms with Gasteiger partial charge in [-0.05, 0) is 36.8 Å². The topological polar surface area (TPSA) is 75.7 Å². The van der Waals surface area contributed by atoms with Gasteiger partial charge in [0.2, 0.25) is 11.8 Å². The van der Waals surface area contributed by atoms with Crippen LogP contribution < -0.4 is 10.2 Å². The second kappa shape index (κ2) is 10.4. The average molecular weight is 461 g/mol. The van der Waals surface area contributed by atoms with Crippen molar-refractivity contribution in [2.45, 2.75) is 23.5 Å². The van der Waals surface area contributed by atoms with Crippen molar-refractivity contribution in [2.75, 3.05) is 23.4 Å². The number of nitrogens with zero attached hydrogens (tertiary/aromatic N) is 1. The van der Waals surface area contributed by atoms with E-state index < -0.39 is 11.9 Å². The summed E-state index contributed by atoms with van der Waals surface area (Å²) in [5.74, 6) is -1.03. The first-order chi connectivity index (χ1) is 16.1. The van der Waals surface area contributed by atoms with Gasteiger partial charge in [0.25, 0.3) is 0 Å². The molecule has 0 aliphatic carbocycles. The van der Waals surface area contributed by atoms with E-state index in [9.17, 15) is 14.4 Å². The van der Waals surface area contributed by atoms with Gasteiger partial charge in [0.05, 0.1) is 23.5 Å². The van der Waals surface area contributed by atoms with E-state index in [1.54, 1.807) is 43.0 Å². The molecule has 0 bridgehead atoms. The number of amides is 2. The second-order valence-corrected chi connectivity index (χ2v) is 8.73. The molecule has 0 unspecified atom stereocenters. The van der Waals surface area contributed by atoms with E-state index in [0.29, 0.717) is 11.4 Å². The Morgan fingerprint density at radius 3 is 2.48 bits per heavy atom. The van der Waals surface area contributed by atoms with Crippen LogP contribution in [0.15, 0.2) is 83.8 Å². The number of hydrogen-bond donors (Lipinski definition) is 1. The van der Waals surface area contributed by atoms with Gasteiger partial charge in [0, 0.05) is 16.6 Å². The maximum atomic E-state index is 13.3. The molecule has 0 fully saturated rings. The number of ether oxygens (including phenoxy) is 1. The highest BCUT2D eigenvalue weighted by molar-refractivity contribution is 7.99. The molecular formula is C26H24N2O4S. The third-order valence-electron chi connectivity index (χ3n) is 5.26. The number of carbonyl (C=O) groups is 3. The summed E-state index contributed by atoms with van der Waals surface area (Å²) in [5.41, 5.74) is 2.41. The summed E-state index contributed by atoms with van der Waals surface area (Å²) in [6, 6.07) is 24.2. The quantitative estimate of drug-likeness (QED) is 0.520. The van der Waals surface area contributed by atoms with Crippen LogP contribution in [-0.4, -0.2) is 30.9 Å². The minimum Gasteiger partial charge on any atom is -0.462 e. The maximum Gasteiger partial charge on any atom is 0.340 e. The van der Waals surface area contributed by atoms with Crippen molar-refractivity contribution < 1.29 is 19.1 Å². The lowest BCUT2D eigenvalue weighted by Gasteiger charge is -2.22. The summed E-state index contributed by atoms with van der Waals surface area (Å²) < 4.78 is 5.08. The van der Waals surface area contributed by atoms with Crippen LogP contribution in [0.5, 0.6) is 0 Å². The lowest BCUT2D eigenvalue weighted by Crippen LogP contribution is -2.38. The van der Waals surface area contributed by atoms with E-state index in [1.807, 2.05) is 54.6 Å². The lowest BCUT2D eigenvalue weighted by atomic mass is 10.1. The third kappa shape index (κ3) is 5.26. The first-order valence-electron chi connectivity index (χ1n) is 10.7. The largest absolute Gasteiger partial charge is 0.462 e. The van der Waals surface area contributed by atoms with Crippen LogP contribution in [0, 0.1) is 0 Å². The maximum absolute atomic E-state index is 13.3. The number of thioether (sulfide) groups is 1. The van der Waals surface area contributed by atoms with E-state index in [1.165, 1.54) is 4.90 Å². The number of benzene rings is 3. The fourth-order valence-electron chi connectivity index (χ4n) is 3.72. The molecule has 33 heavy (non-hydrogen) atoms. The molecule has 1 atom stereocenters. The molecule has 0 saturated heterocycles. The fourth-order valence-corrected chi connectivity index (χ4v) is 5.00. The predicted molar refractivity (Wildman–Crippen MR) is 129 cm³/mol. The van der Waals surface area contributed by atoms with Crippen LogP contribution in [0.3, 0.4) is 0 Å². The number of para-hydroxylation sites is 2. The Morgan fingerprint density at radius 2 is 1.70 bits per heavy atom. The van der Waals surface area contributed by atoms with Crippen LogP contribution >= 0.6 is 11.8 Å². The van der Waals surface area contributed by atoms with E-state index in [4.69, 9.17) is 4.74 Å². The number of esters is 1. The third-order valence-corrected chi connectivity index (χ3v) is 6.58. The summed E-state index contributed by atoms with van der Waals surface area (Å²) >= 11 is 1.63. The number of carbonyl (C=O) groups excluding carboxylic acids is 3. The molecular weight excluding hydrogens is 436 g/mol. The number of fused-ring (bicyclic) bond motifs is 1. The Kier molecular flexibility index (Phi) is 7.10. The van der Waals surface area contributed by atoms with Crippen molar-refractivity contribution in [3.63, 3.8) is 0 Å². The molecule has 4 rings (SSSR count). The molecule has 0 saturated carbocycles. The van der Waals surface area contributed by atoms with Crippen LogP contribution in [-0.2, 0) is 14.3 Å². The number of anilines is 2. The van der Waals surface area contributed by atoms with Crippen LogP contribution in [0.25, 0.3) is 0 Å². The molecule has 1 aliphatic heterocycles. The minimum atomic E-state index is -0.508. The molecule has 1 N–H and O–H groups in total. The summed E-state index contributed by atoms with van der Waals surface area (Å²) in [5, 5.41) is 2.73. The molecule has 2 amide bonds. The summed E-state index contributed by atoms with van der Waals surface area (Å²) in [7, 11) is 0. The summed E-state index contributed by atoms with van der Waals surface area (Å²) in [6.45, 7) is 1.80. The average Bonchev–Trinajstić information content (AvgIpc) is 2.96. The molecule has 6 nitrogen and oxygen atoms in total. The first-order valence-corrected chi connectivity index (χ1v) is 11.6. The van der Waals surface area contributed by atoms with E-state index >= 15 is 0 Å². The van der Waals surface area contributed by atoms with Gasteiger partial charge in [-0.2, -0.15) is 0 Å². The number of hydrogen-bond acceptors (Lipinski definition) is 5. The first kappa shape index (κ1) is 22.6. The van der Waals surface area contributed by atoms with E-state index in [0.717, 1.165) is 10.5 Å². The minimum absolute atomic E-state index is 0.0440. The number of nitrogens with one attached hydrogen (secondary N) is 1. The molecule has 0 aromatic heterocycles. The highest BCUT2D eigenvalue weighted by Crippen LogP contribution is 2.45. The molecule has 168 valence electrons. The zero-order chi connectivity index (χ0) is 23.2. The van der Waals surface area contributed by atoms with Crippen LogP contribution in [0.4, 0.5) is 11.4 Å². The molecule has 3 aromatic carbocycles. The van der Waals surface area contributed by atoms with Gasteiger partial charge in [-0.1, -0.05) is 54.6 Å². The molecule has 0 spiro atoms. The van der Waals surface area contributed by atoms with Gasteiger partial charge in [0.15, 0.2) is 0 Å². The van der Waals surface area contributed by atoms with Gasteiger partial charge < -0.3 is 15.0 Å². The smallest absolute Gasteiger partial charge is 0.340 e. The summed E-state index contributed by atoms with van der Waals surface area (Å²) in [4.78, 5) is 40.9. The standard InChI is InChI=1S/C26H24N2O4S/c1-2-32-26(31)19-12-6-7-13-20(19)27-24(29)17-28-21-14-8-9-15-22(21)33-23(16-25(28)30)18-10-4-3-5-11-18/h3-15,23H,2,16-17H2,1H3,(H,27,29)/t23-/m1/s1. The molecule has 7 heteroatoms. The van der Waals surface area contributed by atoms with Crippen molar-refractivity contribution in [3.05, 3.63) is 90.0 Å². The Labute approximate surface area is 196 Å². The van der Waals surface area contributed by atoms with Crippen molar-refractivity contribution in [2.24, 2.45) is 0 Å². The summed E-state index contributed by atoms with van der Waals surface area (Å²) in [6.07, 6.45) is 0.274. The number of rotatable bonds is 6.